The standard InChI is InChI=1S/C20H20N2O5/c1-26-19-5-3-4-15-13-21(11-10-16(15)19)17-8-6-14(7-9-20(23)27-2)12-18(17)22(24)25/h3-9,12H,10-11,13H2,1-2H3/b9-7+. The number of nitro benzene ring substituents is 1. The van der Waals surface area contributed by atoms with Gasteiger partial charge in [0, 0.05) is 30.8 Å². The third kappa shape index (κ3) is 3.92. The SMILES string of the molecule is COC(=O)/C=C/c1ccc(N2CCc3c(cccc3OC)C2)c([N+](=O)[O-])c1. The van der Waals surface area contributed by atoms with Crippen LogP contribution in [0.1, 0.15) is 16.7 Å². The van der Waals surface area contributed by atoms with Crippen molar-refractivity contribution in [2.75, 3.05) is 25.7 Å². The lowest BCUT2D eigenvalue weighted by molar-refractivity contribution is -0.384. The summed E-state index contributed by atoms with van der Waals surface area (Å²) in [6.45, 7) is 1.23. The number of fused-ring (bicyclic) bond motifs is 1. The molecule has 0 bridgehead atoms. The fourth-order valence-corrected chi connectivity index (χ4v) is 3.26. The van der Waals surface area contributed by atoms with Gasteiger partial charge >= 0.3 is 5.97 Å². The molecule has 1 aliphatic heterocycles. The molecule has 0 saturated heterocycles. The predicted molar refractivity (Wildman–Crippen MR) is 102 cm³/mol. The first-order valence-electron chi connectivity index (χ1n) is 8.47. The molecular weight excluding hydrogens is 348 g/mol. The van der Waals surface area contributed by atoms with Crippen LogP contribution >= 0.6 is 0 Å². The molecule has 0 aliphatic carbocycles. The molecule has 3 rings (SSSR count). The van der Waals surface area contributed by atoms with Gasteiger partial charge in [0.15, 0.2) is 0 Å². The van der Waals surface area contributed by atoms with E-state index < -0.39 is 10.9 Å². The van der Waals surface area contributed by atoms with Crippen molar-refractivity contribution in [2.45, 2.75) is 13.0 Å². The van der Waals surface area contributed by atoms with Gasteiger partial charge in [-0.15, -0.1) is 0 Å². The van der Waals surface area contributed by atoms with Crippen molar-refractivity contribution in [3.05, 3.63) is 69.3 Å². The highest BCUT2D eigenvalue weighted by atomic mass is 16.6. The minimum Gasteiger partial charge on any atom is -0.496 e. The molecule has 7 heteroatoms. The fourth-order valence-electron chi connectivity index (χ4n) is 3.26. The number of hydrogen-bond donors (Lipinski definition) is 0. The highest BCUT2D eigenvalue weighted by Crippen LogP contribution is 2.35. The summed E-state index contributed by atoms with van der Waals surface area (Å²) in [4.78, 5) is 24.4. The Labute approximate surface area is 157 Å². The average molecular weight is 368 g/mol. The first-order valence-corrected chi connectivity index (χ1v) is 8.47. The molecule has 0 radical (unpaired) electrons. The maximum atomic E-state index is 11.6. The Kier molecular flexibility index (Phi) is 5.40. The van der Waals surface area contributed by atoms with E-state index >= 15 is 0 Å². The third-order valence-corrected chi connectivity index (χ3v) is 4.59. The maximum Gasteiger partial charge on any atom is 0.330 e. The van der Waals surface area contributed by atoms with Crippen molar-refractivity contribution in [3.8, 4) is 5.75 Å². The summed E-state index contributed by atoms with van der Waals surface area (Å²) in [5.74, 6) is 0.341. The lowest BCUT2D eigenvalue weighted by Gasteiger charge is -2.31. The van der Waals surface area contributed by atoms with Crippen molar-refractivity contribution in [3.63, 3.8) is 0 Å². The molecule has 0 fully saturated rings. The zero-order valence-corrected chi connectivity index (χ0v) is 15.2. The van der Waals surface area contributed by atoms with Crippen LogP contribution in [0.3, 0.4) is 0 Å². The molecular formula is C20H20N2O5. The summed E-state index contributed by atoms with van der Waals surface area (Å²) < 4.78 is 9.96. The molecule has 0 aromatic heterocycles. The molecule has 2 aromatic rings. The van der Waals surface area contributed by atoms with Crippen LogP contribution in [0.5, 0.6) is 5.75 Å². The quantitative estimate of drug-likeness (QED) is 0.348. The van der Waals surface area contributed by atoms with Crippen LogP contribution < -0.4 is 9.64 Å². The number of esters is 1. The lowest BCUT2D eigenvalue weighted by Crippen LogP contribution is -2.31. The van der Waals surface area contributed by atoms with Gasteiger partial charge in [-0.25, -0.2) is 4.79 Å². The van der Waals surface area contributed by atoms with E-state index in [9.17, 15) is 14.9 Å². The zero-order chi connectivity index (χ0) is 19.4. The molecule has 140 valence electrons. The summed E-state index contributed by atoms with van der Waals surface area (Å²) in [5, 5.41) is 11.6. The Morgan fingerprint density at radius 1 is 1.26 bits per heavy atom. The molecule has 0 atom stereocenters. The summed E-state index contributed by atoms with van der Waals surface area (Å²) in [5.41, 5.74) is 3.38. The Morgan fingerprint density at radius 3 is 2.78 bits per heavy atom. The first kappa shape index (κ1) is 18.4. The van der Waals surface area contributed by atoms with E-state index in [-0.39, 0.29) is 5.69 Å². The van der Waals surface area contributed by atoms with Crippen LogP contribution in [0, 0.1) is 10.1 Å². The van der Waals surface area contributed by atoms with Crippen LogP contribution in [0.25, 0.3) is 6.08 Å². The number of hydrogen-bond acceptors (Lipinski definition) is 6. The number of ether oxygens (including phenoxy) is 2. The largest absolute Gasteiger partial charge is 0.496 e. The van der Waals surface area contributed by atoms with Crippen molar-refractivity contribution in [1.82, 2.24) is 0 Å². The van der Waals surface area contributed by atoms with Gasteiger partial charge < -0.3 is 14.4 Å². The smallest absolute Gasteiger partial charge is 0.330 e. The van der Waals surface area contributed by atoms with Crippen molar-refractivity contribution in [2.24, 2.45) is 0 Å². The Balaban J connectivity index is 1.91. The topological polar surface area (TPSA) is 81.9 Å². The van der Waals surface area contributed by atoms with Gasteiger partial charge in [0.2, 0.25) is 0 Å². The number of carbonyl (C=O) groups excluding carboxylic acids is 1. The monoisotopic (exact) mass is 368 g/mol. The minimum absolute atomic E-state index is 0.00774. The van der Waals surface area contributed by atoms with Gasteiger partial charge in [-0.05, 0) is 35.8 Å². The van der Waals surface area contributed by atoms with E-state index in [0.717, 1.165) is 23.3 Å². The number of rotatable bonds is 5. The summed E-state index contributed by atoms with van der Waals surface area (Å²) in [6.07, 6.45) is 3.49. The van der Waals surface area contributed by atoms with E-state index in [0.29, 0.717) is 24.3 Å². The van der Waals surface area contributed by atoms with Crippen molar-refractivity contribution in [1.29, 1.82) is 0 Å². The van der Waals surface area contributed by atoms with Gasteiger partial charge in [-0.1, -0.05) is 18.2 Å². The van der Waals surface area contributed by atoms with E-state index in [4.69, 9.17) is 4.74 Å². The molecule has 0 amide bonds. The van der Waals surface area contributed by atoms with Crippen LogP contribution in [-0.2, 0) is 22.5 Å². The summed E-state index contributed by atoms with van der Waals surface area (Å²) >= 11 is 0. The molecule has 0 saturated carbocycles. The van der Waals surface area contributed by atoms with Gasteiger partial charge in [-0.3, -0.25) is 10.1 Å². The Bertz CT molecular complexity index is 907. The molecule has 2 aromatic carbocycles. The number of nitrogens with zero attached hydrogens (tertiary/aromatic N) is 2. The van der Waals surface area contributed by atoms with Gasteiger partial charge in [0.25, 0.3) is 5.69 Å². The molecule has 27 heavy (non-hydrogen) atoms. The maximum absolute atomic E-state index is 11.6. The van der Waals surface area contributed by atoms with Gasteiger partial charge in [0.05, 0.1) is 19.1 Å². The second kappa shape index (κ2) is 7.90. The van der Waals surface area contributed by atoms with E-state index in [1.165, 1.54) is 25.3 Å². The lowest BCUT2D eigenvalue weighted by atomic mass is 9.98. The van der Waals surface area contributed by atoms with E-state index in [2.05, 4.69) is 4.74 Å². The van der Waals surface area contributed by atoms with Crippen LogP contribution in [0.2, 0.25) is 0 Å². The highest BCUT2D eigenvalue weighted by Gasteiger charge is 2.25. The van der Waals surface area contributed by atoms with Gasteiger partial charge in [0.1, 0.15) is 11.4 Å². The molecule has 0 spiro atoms. The zero-order valence-electron chi connectivity index (χ0n) is 15.2. The number of benzene rings is 2. The molecule has 0 N–H and O–H groups in total. The van der Waals surface area contributed by atoms with Crippen molar-refractivity contribution >= 4 is 23.4 Å². The highest BCUT2D eigenvalue weighted by molar-refractivity contribution is 5.87. The van der Waals surface area contributed by atoms with Gasteiger partial charge in [-0.2, -0.15) is 0 Å². The van der Waals surface area contributed by atoms with Crippen LogP contribution in [0.4, 0.5) is 11.4 Å². The predicted octanol–water partition coefficient (Wildman–Crippen LogP) is 3.35. The number of carbonyl (C=O) groups is 1. The van der Waals surface area contributed by atoms with Crippen LogP contribution in [-0.4, -0.2) is 31.7 Å². The fraction of sp³-hybridized carbons (Fsp3) is 0.250. The second-order valence-electron chi connectivity index (χ2n) is 6.13. The molecule has 1 aliphatic rings. The van der Waals surface area contributed by atoms with Crippen molar-refractivity contribution < 1.29 is 19.2 Å². The summed E-state index contributed by atoms with van der Waals surface area (Å²) in [7, 11) is 2.93. The summed E-state index contributed by atoms with van der Waals surface area (Å²) in [6, 6.07) is 10.8. The molecule has 7 nitrogen and oxygen atoms in total. The number of anilines is 1. The molecule has 1 heterocycles. The van der Waals surface area contributed by atoms with E-state index in [1.807, 2.05) is 23.1 Å². The number of methoxy groups -OCH3 is 2. The van der Waals surface area contributed by atoms with E-state index in [1.54, 1.807) is 19.2 Å². The Morgan fingerprint density at radius 2 is 2.07 bits per heavy atom. The third-order valence-electron chi connectivity index (χ3n) is 4.59. The van der Waals surface area contributed by atoms with Crippen LogP contribution in [0.15, 0.2) is 42.5 Å². The normalized spacial score (nSPS) is 13.3. The first-order chi connectivity index (χ1) is 13.0. The number of nitro groups is 1. The Hall–Kier alpha value is -3.35. The second-order valence-corrected chi connectivity index (χ2v) is 6.13. The average Bonchev–Trinajstić information content (AvgIpc) is 2.70. The molecule has 0 unspecified atom stereocenters. The minimum atomic E-state index is -0.511.